The van der Waals surface area contributed by atoms with Crippen molar-refractivity contribution >= 4 is 44.7 Å². The number of hydrogen-bond acceptors (Lipinski definition) is 5. The lowest BCUT2D eigenvalue weighted by molar-refractivity contribution is -0.275. The third-order valence-electron chi connectivity index (χ3n) is 5.91. The van der Waals surface area contributed by atoms with E-state index in [4.69, 9.17) is 28.0 Å². The van der Waals surface area contributed by atoms with E-state index >= 15 is 0 Å². The zero-order valence-electron chi connectivity index (χ0n) is 18.0. The highest BCUT2D eigenvalue weighted by molar-refractivity contribution is 7.92. The number of carbonyl (C=O) groups is 1. The van der Waals surface area contributed by atoms with Gasteiger partial charge in [0.15, 0.2) is 9.84 Å². The molecule has 2 aliphatic heterocycles. The fourth-order valence-electron chi connectivity index (χ4n) is 4.03. The largest absolute Gasteiger partial charge is 0.435 e. The Balaban J connectivity index is 1.59. The van der Waals surface area contributed by atoms with E-state index in [0.717, 1.165) is 6.07 Å². The number of nitrogens with zero attached hydrogens (tertiary/aromatic N) is 1. The molecule has 6 nitrogen and oxygen atoms in total. The zero-order chi connectivity index (χ0) is 25.1. The molecule has 0 aliphatic carbocycles. The van der Waals surface area contributed by atoms with Crippen LogP contribution in [0.4, 0.5) is 13.2 Å². The molecule has 4 rings (SSSR count). The van der Waals surface area contributed by atoms with Crippen LogP contribution in [0.5, 0.6) is 0 Å². The van der Waals surface area contributed by atoms with Crippen molar-refractivity contribution in [3.8, 4) is 0 Å². The Morgan fingerprint density at radius 3 is 2.38 bits per heavy atom. The number of benzene rings is 2. The fourth-order valence-corrected chi connectivity index (χ4v) is 5.70. The standard InChI is InChI=1S/C22H19Cl2F3N2O4S/c1-11-5-13(3-4-16(11)20(30)28-15-9-34(31,32)10-15)18-8-21(33-29-18,22(25,26)27)14-6-12(2)19(24)17(23)7-14/h3-7,15H,8-10H2,1-2H3,(H,28,30)/t21-/m0/s1. The second-order valence-electron chi connectivity index (χ2n) is 8.50. The van der Waals surface area contributed by atoms with Crippen LogP contribution in [0.1, 0.15) is 39.0 Å². The zero-order valence-corrected chi connectivity index (χ0v) is 20.3. The quantitative estimate of drug-likeness (QED) is 0.615. The molecule has 34 heavy (non-hydrogen) atoms. The first-order valence-electron chi connectivity index (χ1n) is 10.1. The average Bonchev–Trinajstić information content (AvgIpc) is 3.17. The summed E-state index contributed by atoms with van der Waals surface area (Å²) >= 11 is 12.0. The summed E-state index contributed by atoms with van der Waals surface area (Å²) < 4.78 is 65.3. The molecule has 0 unspecified atom stereocenters. The van der Waals surface area contributed by atoms with E-state index < -0.39 is 40.0 Å². The smallest absolute Gasteiger partial charge is 0.374 e. The molecule has 2 heterocycles. The molecular weight excluding hydrogens is 516 g/mol. The topological polar surface area (TPSA) is 84.8 Å². The van der Waals surface area contributed by atoms with E-state index in [1.54, 1.807) is 19.9 Å². The van der Waals surface area contributed by atoms with Crippen molar-refractivity contribution in [3.63, 3.8) is 0 Å². The third-order valence-corrected chi connectivity index (χ3v) is 8.63. The van der Waals surface area contributed by atoms with Gasteiger partial charge in [0.25, 0.3) is 11.5 Å². The summed E-state index contributed by atoms with van der Waals surface area (Å²) in [5.41, 5.74) is -1.38. The molecule has 1 atom stereocenters. The van der Waals surface area contributed by atoms with Gasteiger partial charge in [0, 0.05) is 17.5 Å². The van der Waals surface area contributed by atoms with E-state index in [2.05, 4.69) is 10.5 Å². The predicted octanol–water partition coefficient (Wildman–Crippen LogP) is 4.72. The highest BCUT2D eigenvalue weighted by Crippen LogP contribution is 2.50. The number of rotatable bonds is 4. The highest BCUT2D eigenvalue weighted by Gasteiger charge is 2.62. The van der Waals surface area contributed by atoms with Crippen LogP contribution in [-0.2, 0) is 20.3 Å². The molecule has 0 saturated carbocycles. The van der Waals surface area contributed by atoms with E-state index in [-0.39, 0.29) is 38.4 Å². The van der Waals surface area contributed by atoms with Crippen molar-refractivity contribution in [1.29, 1.82) is 0 Å². The average molecular weight is 535 g/mol. The number of halogens is 5. The van der Waals surface area contributed by atoms with Crippen molar-refractivity contribution in [2.75, 3.05) is 11.5 Å². The molecule has 2 aromatic carbocycles. The summed E-state index contributed by atoms with van der Waals surface area (Å²) in [7, 11) is -3.09. The first-order valence-corrected chi connectivity index (χ1v) is 12.7. The Labute approximate surface area is 204 Å². The van der Waals surface area contributed by atoms with Crippen LogP contribution in [0.2, 0.25) is 10.0 Å². The minimum atomic E-state index is -4.81. The van der Waals surface area contributed by atoms with Crippen LogP contribution in [0.3, 0.4) is 0 Å². The number of carbonyl (C=O) groups excluding carboxylic acids is 1. The lowest BCUT2D eigenvalue weighted by atomic mass is 9.85. The number of nitrogens with one attached hydrogen (secondary N) is 1. The van der Waals surface area contributed by atoms with Crippen molar-refractivity contribution in [2.45, 2.75) is 38.1 Å². The maximum Gasteiger partial charge on any atom is 0.435 e. The predicted molar refractivity (Wildman–Crippen MR) is 122 cm³/mol. The fraction of sp³-hybridized carbons (Fsp3) is 0.364. The molecule has 0 spiro atoms. The molecular formula is C22H19Cl2F3N2O4S. The molecule has 1 amide bonds. The lowest BCUT2D eigenvalue weighted by Crippen LogP contribution is -2.53. The van der Waals surface area contributed by atoms with Crippen LogP contribution in [0, 0.1) is 13.8 Å². The summed E-state index contributed by atoms with van der Waals surface area (Å²) in [5.74, 6) is -0.681. The molecule has 2 aliphatic rings. The minimum absolute atomic E-state index is 0.0252. The van der Waals surface area contributed by atoms with E-state index in [1.165, 1.54) is 18.2 Å². The minimum Gasteiger partial charge on any atom is -0.374 e. The summed E-state index contributed by atoms with van der Waals surface area (Å²) in [6.45, 7) is 3.18. The molecule has 12 heteroatoms. The van der Waals surface area contributed by atoms with Gasteiger partial charge in [-0.3, -0.25) is 4.79 Å². The number of aryl methyl sites for hydroxylation is 2. The Morgan fingerprint density at radius 1 is 1.15 bits per heavy atom. The number of hydrogen-bond donors (Lipinski definition) is 1. The van der Waals surface area contributed by atoms with E-state index in [0.29, 0.717) is 16.7 Å². The maximum atomic E-state index is 14.2. The van der Waals surface area contributed by atoms with Crippen molar-refractivity contribution in [3.05, 3.63) is 68.2 Å². The van der Waals surface area contributed by atoms with Crippen LogP contribution in [0.15, 0.2) is 35.5 Å². The van der Waals surface area contributed by atoms with Gasteiger partial charge in [-0.1, -0.05) is 40.5 Å². The molecule has 0 bridgehead atoms. The molecule has 1 N–H and O–H groups in total. The Bertz CT molecular complexity index is 1290. The van der Waals surface area contributed by atoms with Gasteiger partial charge in [0.1, 0.15) is 0 Å². The first-order chi connectivity index (χ1) is 15.7. The van der Waals surface area contributed by atoms with E-state index in [9.17, 15) is 26.4 Å². The Kier molecular flexibility index (Phi) is 6.15. The third kappa shape index (κ3) is 4.38. The Morgan fingerprint density at radius 2 is 1.82 bits per heavy atom. The van der Waals surface area contributed by atoms with E-state index in [1.807, 2.05) is 0 Å². The second-order valence-corrected chi connectivity index (χ2v) is 11.4. The maximum absolute atomic E-state index is 14.2. The normalized spacial score (nSPS) is 22.0. The van der Waals surface area contributed by atoms with Crippen LogP contribution in [0.25, 0.3) is 0 Å². The summed E-state index contributed by atoms with van der Waals surface area (Å²) in [6, 6.07) is 6.44. The number of oxime groups is 1. The van der Waals surface area contributed by atoms with Gasteiger partial charge in [-0.2, -0.15) is 13.2 Å². The molecule has 0 aromatic heterocycles. The second kappa shape index (κ2) is 8.42. The number of alkyl halides is 3. The van der Waals surface area contributed by atoms with Gasteiger partial charge in [0.2, 0.25) is 0 Å². The molecule has 1 fully saturated rings. The van der Waals surface area contributed by atoms with Gasteiger partial charge in [-0.05, 0) is 48.7 Å². The van der Waals surface area contributed by atoms with Crippen LogP contribution < -0.4 is 5.32 Å². The summed E-state index contributed by atoms with van der Waals surface area (Å²) in [4.78, 5) is 17.5. The van der Waals surface area contributed by atoms with Crippen LogP contribution >= 0.6 is 23.2 Å². The van der Waals surface area contributed by atoms with Gasteiger partial charge in [-0.25, -0.2) is 8.42 Å². The van der Waals surface area contributed by atoms with Crippen LogP contribution in [-0.4, -0.2) is 43.8 Å². The SMILES string of the molecule is Cc1cc(C2=NO[C@@](c3cc(C)c(Cl)c(Cl)c3)(C(F)(F)F)C2)ccc1C(=O)NC1CS(=O)(=O)C1. The molecule has 1 saturated heterocycles. The Hall–Kier alpha value is -2.30. The lowest BCUT2D eigenvalue weighted by Gasteiger charge is -2.30. The number of amides is 1. The van der Waals surface area contributed by atoms with Gasteiger partial charge in [0.05, 0.1) is 33.3 Å². The van der Waals surface area contributed by atoms with Crippen molar-refractivity contribution in [1.82, 2.24) is 5.32 Å². The molecule has 2 aromatic rings. The highest BCUT2D eigenvalue weighted by atomic mass is 35.5. The van der Waals surface area contributed by atoms with Crippen molar-refractivity contribution < 1.29 is 31.2 Å². The van der Waals surface area contributed by atoms with Gasteiger partial charge in [-0.15, -0.1) is 0 Å². The molecule has 182 valence electrons. The van der Waals surface area contributed by atoms with Gasteiger partial charge >= 0.3 is 6.18 Å². The van der Waals surface area contributed by atoms with Crippen molar-refractivity contribution in [2.24, 2.45) is 5.16 Å². The first kappa shape index (κ1) is 24.8. The van der Waals surface area contributed by atoms with Gasteiger partial charge < -0.3 is 10.2 Å². The summed E-state index contributed by atoms with van der Waals surface area (Å²) in [5, 5.41) is 6.52. The number of sulfone groups is 1. The summed E-state index contributed by atoms with van der Waals surface area (Å²) in [6.07, 6.45) is -5.40. The monoisotopic (exact) mass is 534 g/mol. The molecule has 0 radical (unpaired) electrons.